The van der Waals surface area contributed by atoms with Crippen molar-refractivity contribution in [2.24, 2.45) is 0 Å². The van der Waals surface area contributed by atoms with E-state index >= 15 is 0 Å². The molecule has 0 spiro atoms. The summed E-state index contributed by atoms with van der Waals surface area (Å²) in [6.45, 7) is 8.36. The van der Waals surface area contributed by atoms with Crippen molar-refractivity contribution < 1.29 is 22.2 Å². The Morgan fingerprint density at radius 2 is 2.00 bits per heavy atom. The third kappa shape index (κ3) is 4.05. The summed E-state index contributed by atoms with van der Waals surface area (Å²) in [5.74, 6) is 0. The lowest BCUT2D eigenvalue weighted by Crippen LogP contribution is -3.12. The molecule has 0 saturated heterocycles. The molecule has 0 aliphatic carbocycles. The van der Waals surface area contributed by atoms with Gasteiger partial charge in [-0.15, -0.1) is 0 Å². The van der Waals surface area contributed by atoms with Crippen LogP contribution in [-0.4, -0.2) is 36.1 Å². The van der Waals surface area contributed by atoms with E-state index in [9.17, 15) is 10.1 Å². The van der Waals surface area contributed by atoms with Gasteiger partial charge in [-0.1, -0.05) is 0 Å². The number of nitro groups is 1. The quantitative estimate of drug-likeness (QED) is 0.479. The molecule has 1 aromatic heterocycles. The fourth-order valence-electron chi connectivity index (χ4n) is 2.44. The summed E-state index contributed by atoms with van der Waals surface area (Å²) in [6.07, 6.45) is 1.66. The highest BCUT2D eigenvalue weighted by molar-refractivity contribution is 5.96. The lowest BCUT2D eigenvalue weighted by Gasteiger charge is -2.16. The molecule has 0 unspecified atom stereocenters. The zero-order valence-electron chi connectivity index (χ0n) is 12.8. The van der Waals surface area contributed by atoms with Gasteiger partial charge in [0.05, 0.1) is 42.2 Å². The molecule has 7 heteroatoms. The Balaban J connectivity index is 0.00000242. The summed E-state index contributed by atoms with van der Waals surface area (Å²) >= 11 is 0. The van der Waals surface area contributed by atoms with Crippen molar-refractivity contribution in [2.45, 2.75) is 13.8 Å². The van der Waals surface area contributed by atoms with Gasteiger partial charge in [-0.2, -0.15) is 0 Å². The Kier molecular flexibility index (Phi) is 7.01. The van der Waals surface area contributed by atoms with E-state index in [1.807, 2.05) is 0 Å². The van der Waals surface area contributed by atoms with E-state index in [1.54, 1.807) is 24.4 Å². The number of hydrogen-bond donors (Lipinski definition) is 2. The molecule has 2 N–H and O–H groups in total. The first-order chi connectivity index (χ1) is 10.2. The normalized spacial score (nSPS) is 10.5. The van der Waals surface area contributed by atoms with Crippen LogP contribution in [0.3, 0.4) is 0 Å². The van der Waals surface area contributed by atoms with Crippen molar-refractivity contribution in [2.75, 3.05) is 31.5 Å². The Bertz CT molecular complexity index is 632. The van der Waals surface area contributed by atoms with Gasteiger partial charge in [0.15, 0.2) is 0 Å². The van der Waals surface area contributed by atoms with Crippen molar-refractivity contribution in [1.29, 1.82) is 0 Å². The Hall–Kier alpha value is -1.92. The van der Waals surface area contributed by atoms with E-state index in [4.69, 9.17) is 0 Å². The van der Waals surface area contributed by atoms with Crippen molar-refractivity contribution in [1.82, 2.24) is 4.98 Å². The van der Waals surface area contributed by atoms with Crippen molar-refractivity contribution in [3.63, 3.8) is 0 Å². The summed E-state index contributed by atoms with van der Waals surface area (Å²) in [7, 11) is 0. The van der Waals surface area contributed by atoms with Crippen LogP contribution in [-0.2, 0) is 0 Å². The largest absolute Gasteiger partial charge is 1.00 e. The zero-order chi connectivity index (χ0) is 15.2. The van der Waals surface area contributed by atoms with Crippen LogP contribution >= 0.6 is 0 Å². The number of likely N-dealkylation sites (N-methyl/N-ethyl adjacent to an activating group) is 1. The minimum absolute atomic E-state index is 0. The first-order valence-electron chi connectivity index (χ1n) is 7.27. The molecule has 0 saturated carbocycles. The van der Waals surface area contributed by atoms with E-state index < -0.39 is 0 Å². The number of quaternary nitrogens is 1. The number of non-ortho nitro benzene ring substituents is 1. The van der Waals surface area contributed by atoms with E-state index in [2.05, 4.69) is 24.1 Å². The number of rotatable bonds is 7. The van der Waals surface area contributed by atoms with Gasteiger partial charge < -0.3 is 22.6 Å². The summed E-state index contributed by atoms with van der Waals surface area (Å²) in [5.41, 5.74) is 1.60. The van der Waals surface area contributed by atoms with E-state index in [-0.39, 0.29) is 23.0 Å². The van der Waals surface area contributed by atoms with Gasteiger partial charge in [-0.05, 0) is 32.0 Å². The number of pyridine rings is 1. The topological polar surface area (TPSA) is 72.5 Å². The molecule has 120 valence electrons. The van der Waals surface area contributed by atoms with Crippen LogP contribution < -0.4 is 22.6 Å². The average Bonchev–Trinajstić information content (AvgIpc) is 2.51. The van der Waals surface area contributed by atoms with Gasteiger partial charge in [-0.25, -0.2) is 0 Å². The van der Waals surface area contributed by atoms with Gasteiger partial charge in [0.2, 0.25) is 0 Å². The molecule has 1 heterocycles. The fraction of sp³-hybridized carbons (Fsp3) is 0.400. The molecule has 22 heavy (non-hydrogen) atoms. The molecular formula is C15H21ClN4O2. The minimum Gasteiger partial charge on any atom is -1.00 e. The highest BCUT2D eigenvalue weighted by Gasteiger charge is 2.14. The van der Waals surface area contributed by atoms with Crippen molar-refractivity contribution in [3.8, 4) is 0 Å². The van der Waals surface area contributed by atoms with Crippen molar-refractivity contribution in [3.05, 3.63) is 40.6 Å². The predicted octanol–water partition coefficient (Wildman–Crippen LogP) is -1.52. The van der Waals surface area contributed by atoms with Gasteiger partial charge in [-0.3, -0.25) is 15.1 Å². The molecule has 0 aliphatic heterocycles. The maximum absolute atomic E-state index is 11.1. The summed E-state index contributed by atoms with van der Waals surface area (Å²) in [6, 6.07) is 6.74. The average molecular weight is 325 g/mol. The Labute approximate surface area is 136 Å². The second-order valence-electron chi connectivity index (χ2n) is 4.92. The van der Waals surface area contributed by atoms with Gasteiger partial charge in [0, 0.05) is 12.3 Å². The Morgan fingerprint density at radius 3 is 2.64 bits per heavy atom. The molecule has 0 amide bonds. The summed E-state index contributed by atoms with van der Waals surface area (Å²) < 4.78 is 0. The number of hydrogen-bond acceptors (Lipinski definition) is 4. The van der Waals surface area contributed by atoms with Crippen LogP contribution in [0.2, 0.25) is 0 Å². The standard InChI is InChI=1S/C15H20N4O2.ClH/c1-3-18(4-2)11-10-16-13-7-8-14(19(20)21)12-6-5-9-17-15(12)13;/h5-9,16H,3-4,10-11H2,1-2H3;1H. The molecular weight excluding hydrogens is 304 g/mol. The molecule has 0 atom stereocenters. The minimum atomic E-state index is -0.367. The summed E-state index contributed by atoms with van der Waals surface area (Å²) in [4.78, 5) is 16.5. The number of nitrogens with zero attached hydrogens (tertiary/aromatic N) is 2. The lowest BCUT2D eigenvalue weighted by molar-refractivity contribution is -0.894. The molecule has 0 radical (unpaired) electrons. The maximum Gasteiger partial charge on any atom is 0.278 e. The smallest absolute Gasteiger partial charge is 0.278 e. The second kappa shape index (κ2) is 8.51. The van der Waals surface area contributed by atoms with Crippen LogP contribution in [0.15, 0.2) is 30.5 Å². The predicted molar refractivity (Wildman–Crippen MR) is 83.8 cm³/mol. The highest BCUT2D eigenvalue weighted by atomic mass is 35.5. The van der Waals surface area contributed by atoms with Gasteiger partial charge in [0.25, 0.3) is 5.69 Å². The zero-order valence-corrected chi connectivity index (χ0v) is 13.6. The SMILES string of the molecule is CC[NH+](CC)CCNc1ccc([N+](=O)[O-])c2cccnc12.[Cl-]. The molecule has 6 nitrogen and oxygen atoms in total. The summed E-state index contributed by atoms with van der Waals surface area (Å²) in [5, 5.41) is 15.0. The fourth-order valence-corrected chi connectivity index (χ4v) is 2.44. The van der Waals surface area contributed by atoms with Gasteiger partial charge >= 0.3 is 0 Å². The number of benzene rings is 1. The van der Waals surface area contributed by atoms with Crippen LogP contribution in [0.4, 0.5) is 11.4 Å². The van der Waals surface area contributed by atoms with E-state index in [1.165, 1.54) is 11.0 Å². The molecule has 2 rings (SSSR count). The first-order valence-corrected chi connectivity index (χ1v) is 7.27. The van der Waals surface area contributed by atoms with Crippen LogP contribution in [0.1, 0.15) is 13.8 Å². The molecule has 2 aromatic rings. The third-order valence-corrected chi connectivity index (χ3v) is 3.74. The molecule has 0 bridgehead atoms. The number of aromatic nitrogens is 1. The van der Waals surface area contributed by atoms with E-state index in [0.717, 1.165) is 31.9 Å². The number of nitrogens with one attached hydrogen (secondary N) is 2. The monoisotopic (exact) mass is 324 g/mol. The second-order valence-corrected chi connectivity index (χ2v) is 4.92. The third-order valence-electron chi connectivity index (χ3n) is 3.74. The molecule has 0 aliphatic rings. The van der Waals surface area contributed by atoms with Crippen LogP contribution in [0, 0.1) is 10.1 Å². The van der Waals surface area contributed by atoms with E-state index in [0.29, 0.717) is 10.9 Å². The van der Waals surface area contributed by atoms with Gasteiger partial charge in [0.1, 0.15) is 5.52 Å². The molecule has 1 aromatic carbocycles. The lowest BCUT2D eigenvalue weighted by atomic mass is 10.1. The number of fused-ring (bicyclic) bond motifs is 1. The maximum atomic E-state index is 11.1. The van der Waals surface area contributed by atoms with Crippen LogP contribution in [0.5, 0.6) is 0 Å². The number of nitro benzene ring substituents is 1. The number of halogens is 1. The molecule has 0 fully saturated rings. The Morgan fingerprint density at radius 1 is 1.27 bits per heavy atom. The number of anilines is 1. The highest BCUT2D eigenvalue weighted by Crippen LogP contribution is 2.29. The first kappa shape index (κ1) is 18.1. The van der Waals surface area contributed by atoms with Crippen molar-refractivity contribution >= 4 is 22.3 Å². The van der Waals surface area contributed by atoms with Crippen LogP contribution in [0.25, 0.3) is 10.9 Å².